The van der Waals surface area contributed by atoms with Crippen LogP contribution in [-0.4, -0.2) is 6.54 Å². The summed E-state index contributed by atoms with van der Waals surface area (Å²) in [5, 5.41) is 2.55. The molecule has 0 saturated carbocycles. The van der Waals surface area contributed by atoms with Crippen LogP contribution in [0.2, 0.25) is 0 Å². The van der Waals surface area contributed by atoms with Gasteiger partial charge in [0.25, 0.3) is 0 Å². The van der Waals surface area contributed by atoms with Crippen molar-refractivity contribution in [2.45, 2.75) is 25.2 Å². The van der Waals surface area contributed by atoms with Crippen molar-refractivity contribution in [2.75, 3.05) is 11.4 Å². The number of nitrogens with zero attached hydrogens (tertiary/aromatic N) is 2. The third-order valence-electron chi connectivity index (χ3n) is 6.44. The highest BCUT2D eigenvalue weighted by molar-refractivity contribution is 8.03. The van der Waals surface area contributed by atoms with Crippen molar-refractivity contribution in [1.82, 2.24) is 0 Å². The van der Waals surface area contributed by atoms with Crippen molar-refractivity contribution in [3.05, 3.63) is 131 Å². The topological polar surface area (TPSA) is 7.12 Å². The second-order valence-electron chi connectivity index (χ2n) is 8.96. The van der Waals surface area contributed by atoms with E-state index in [-0.39, 0.29) is 0 Å². The molecule has 35 heavy (non-hydrogen) atoms. The Bertz CT molecular complexity index is 1450. The third kappa shape index (κ3) is 5.11. The van der Waals surface area contributed by atoms with Gasteiger partial charge < -0.3 is 4.90 Å². The Balaban J connectivity index is 1.50. The molecule has 2 nitrogen and oxygen atoms in total. The van der Waals surface area contributed by atoms with Crippen LogP contribution in [0.15, 0.2) is 119 Å². The van der Waals surface area contributed by atoms with Gasteiger partial charge in [-0.15, -0.1) is 0 Å². The highest BCUT2D eigenvalue weighted by Crippen LogP contribution is 2.46. The van der Waals surface area contributed by atoms with E-state index in [1.807, 2.05) is 11.8 Å². The minimum atomic E-state index is 0.891. The van der Waals surface area contributed by atoms with E-state index in [1.165, 1.54) is 48.8 Å². The van der Waals surface area contributed by atoms with Crippen LogP contribution in [0.4, 0.5) is 5.69 Å². The number of thioether (sulfide) groups is 1. The second-order valence-corrected chi connectivity index (χ2v) is 10.0. The standard InChI is InChI=1S/C32H31N2S/c1-4-34-30-22-24(2)14-18-31(30)35-32(34)19-16-26(23-25-10-6-5-7-11-25)15-17-27-20-21-33(3)29-13-9-8-12-28(27)29/h5-22H,4,23H2,1-3H3/q+1. The van der Waals surface area contributed by atoms with Crippen LogP contribution >= 0.6 is 11.8 Å². The summed E-state index contributed by atoms with van der Waals surface area (Å²) in [4.78, 5) is 3.75. The van der Waals surface area contributed by atoms with Gasteiger partial charge in [-0.05, 0) is 66.8 Å². The average molecular weight is 476 g/mol. The van der Waals surface area contributed by atoms with Gasteiger partial charge in [0, 0.05) is 23.6 Å². The number of fused-ring (bicyclic) bond motifs is 2. The smallest absolute Gasteiger partial charge is 0.212 e. The zero-order valence-electron chi connectivity index (χ0n) is 20.6. The highest BCUT2D eigenvalue weighted by atomic mass is 32.2. The molecular weight excluding hydrogens is 444 g/mol. The van der Waals surface area contributed by atoms with Crippen LogP contribution in [0, 0.1) is 6.92 Å². The fraction of sp³-hybridized carbons (Fsp3) is 0.156. The Morgan fingerprint density at radius 2 is 1.77 bits per heavy atom. The Kier molecular flexibility index (Phi) is 6.87. The maximum Gasteiger partial charge on any atom is 0.212 e. The van der Waals surface area contributed by atoms with Gasteiger partial charge in [-0.25, -0.2) is 4.57 Å². The molecule has 1 aromatic heterocycles. The van der Waals surface area contributed by atoms with Gasteiger partial charge in [-0.3, -0.25) is 0 Å². The van der Waals surface area contributed by atoms with Crippen LogP contribution in [0.1, 0.15) is 23.6 Å². The molecule has 3 heteroatoms. The molecular formula is C32H31N2S+. The highest BCUT2D eigenvalue weighted by Gasteiger charge is 2.23. The largest absolute Gasteiger partial charge is 0.335 e. The fourth-order valence-electron chi connectivity index (χ4n) is 4.57. The summed E-state index contributed by atoms with van der Waals surface area (Å²) >= 11 is 1.86. The lowest BCUT2D eigenvalue weighted by molar-refractivity contribution is -0.644. The van der Waals surface area contributed by atoms with E-state index in [1.54, 1.807) is 0 Å². The van der Waals surface area contributed by atoms with Crippen molar-refractivity contribution in [3.63, 3.8) is 0 Å². The number of hydrogen-bond donors (Lipinski definition) is 0. The summed E-state index contributed by atoms with van der Waals surface area (Å²) in [6, 6.07) is 28.2. The van der Waals surface area contributed by atoms with Gasteiger partial charge in [0.15, 0.2) is 6.20 Å². The monoisotopic (exact) mass is 475 g/mol. The molecule has 1 aliphatic heterocycles. The Hall–Kier alpha value is -3.56. The van der Waals surface area contributed by atoms with E-state index in [0.29, 0.717) is 0 Å². The first-order chi connectivity index (χ1) is 17.1. The summed E-state index contributed by atoms with van der Waals surface area (Å²) < 4.78 is 2.17. The summed E-state index contributed by atoms with van der Waals surface area (Å²) in [6.07, 6.45) is 12.1. The quantitative estimate of drug-likeness (QED) is 0.209. The minimum Gasteiger partial charge on any atom is -0.335 e. The summed E-state index contributed by atoms with van der Waals surface area (Å²) in [6.45, 7) is 5.34. The van der Waals surface area contributed by atoms with Crippen molar-refractivity contribution in [1.29, 1.82) is 0 Å². The van der Waals surface area contributed by atoms with Crippen molar-refractivity contribution < 1.29 is 4.57 Å². The van der Waals surface area contributed by atoms with Crippen LogP contribution < -0.4 is 9.47 Å². The van der Waals surface area contributed by atoms with Gasteiger partial charge in [-0.1, -0.05) is 78.5 Å². The summed E-state index contributed by atoms with van der Waals surface area (Å²) in [5.74, 6) is 0. The van der Waals surface area contributed by atoms with Gasteiger partial charge in [0.05, 0.1) is 16.1 Å². The molecule has 0 aliphatic carbocycles. The lowest BCUT2D eigenvalue weighted by Crippen LogP contribution is -2.28. The maximum absolute atomic E-state index is 2.41. The summed E-state index contributed by atoms with van der Waals surface area (Å²) in [7, 11) is 2.10. The Morgan fingerprint density at radius 1 is 0.971 bits per heavy atom. The molecule has 0 fully saturated rings. The second kappa shape index (κ2) is 10.4. The molecule has 0 spiro atoms. The van der Waals surface area contributed by atoms with E-state index in [9.17, 15) is 0 Å². The zero-order chi connectivity index (χ0) is 24.2. The van der Waals surface area contributed by atoms with Gasteiger partial charge in [0.2, 0.25) is 5.52 Å². The Morgan fingerprint density at radius 3 is 2.60 bits per heavy atom. The van der Waals surface area contributed by atoms with Crippen LogP contribution in [0.3, 0.4) is 0 Å². The molecule has 0 amide bonds. The minimum absolute atomic E-state index is 0.891. The number of rotatable bonds is 6. The Labute approximate surface area is 212 Å². The lowest BCUT2D eigenvalue weighted by atomic mass is 10.0. The molecule has 0 N–H and O–H groups in total. The van der Waals surface area contributed by atoms with Crippen LogP contribution in [-0.2, 0) is 13.5 Å². The van der Waals surface area contributed by atoms with E-state index in [0.717, 1.165) is 13.0 Å². The predicted octanol–water partition coefficient (Wildman–Crippen LogP) is 7.63. The normalized spacial score (nSPS) is 14.9. The average Bonchev–Trinajstić information content (AvgIpc) is 3.24. The van der Waals surface area contributed by atoms with E-state index >= 15 is 0 Å². The van der Waals surface area contributed by atoms with Gasteiger partial charge in [0.1, 0.15) is 7.05 Å². The van der Waals surface area contributed by atoms with Crippen molar-refractivity contribution in [2.24, 2.45) is 7.05 Å². The molecule has 0 saturated heterocycles. The predicted molar refractivity (Wildman–Crippen MR) is 151 cm³/mol. The SMILES string of the molecule is CCN1/C(=C/C=C(/C=C/c2cc[n+](C)c3ccccc23)Cc2ccccc2)Sc2ccc(C)cc21. The zero-order valence-corrected chi connectivity index (χ0v) is 21.4. The molecule has 1 aliphatic rings. The maximum atomic E-state index is 2.41. The molecule has 5 rings (SSSR count). The van der Waals surface area contributed by atoms with E-state index in [2.05, 4.69) is 140 Å². The number of hydrogen-bond acceptors (Lipinski definition) is 2. The number of pyridine rings is 1. The first-order valence-corrected chi connectivity index (χ1v) is 13.0. The summed E-state index contributed by atoms with van der Waals surface area (Å²) in [5.41, 5.74) is 7.69. The molecule has 3 aromatic carbocycles. The number of benzene rings is 3. The van der Waals surface area contributed by atoms with Crippen molar-refractivity contribution >= 4 is 34.4 Å². The number of anilines is 1. The molecule has 0 atom stereocenters. The number of aromatic nitrogens is 1. The first-order valence-electron chi connectivity index (χ1n) is 12.2. The first kappa shape index (κ1) is 23.2. The van der Waals surface area contributed by atoms with Crippen LogP contribution in [0.25, 0.3) is 17.0 Å². The molecule has 0 radical (unpaired) electrons. The third-order valence-corrected chi connectivity index (χ3v) is 7.57. The molecule has 0 unspecified atom stereocenters. The lowest BCUT2D eigenvalue weighted by Gasteiger charge is -2.18. The van der Waals surface area contributed by atoms with E-state index in [4.69, 9.17) is 0 Å². The van der Waals surface area contributed by atoms with Gasteiger partial charge >= 0.3 is 0 Å². The number of aryl methyl sites for hydroxylation is 2. The number of para-hydroxylation sites is 1. The molecule has 174 valence electrons. The van der Waals surface area contributed by atoms with E-state index < -0.39 is 0 Å². The fourth-order valence-corrected chi connectivity index (χ4v) is 5.68. The van der Waals surface area contributed by atoms with Crippen LogP contribution in [0.5, 0.6) is 0 Å². The molecule has 0 bridgehead atoms. The molecule has 4 aromatic rings. The van der Waals surface area contributed by atoms with Crippen molar-refractivity contribution in [3.8, 4) is 0 Å². The number of allylic oxidation sites excluding steroid dienone is 4. The van der Waals surface area contributed by atoms with Gasteiger partial charge in [-0.2, -0.15) is 0 Å². The molecule has 2 heterocycles.